The molecule has 0 spiro atoms. The molecule has 0 amide bonds. The van der Waals surface area contributed by atoms with E-state index in [2.05, 4.69) is 37.5 Å². The fraction of sp³-hybridized carbons (Fsp3) is 1.00. The van der Waals surface area contributed by atoms with Gasteiger partial charge in [0.2, 0.25) is 0 Å². The highest BCUT2D eigenvalue weighted by molar-refractivity contribution is 4.97. The summed E-state index contributed by atoms with van der Waals surface area (Å²) < 4.78 is 0. The van der Waals surface area contributed by atoms with Gasteiger partial charge in [0.05, 0.1) is 0 Å². The van der Waals surface area contributed by atoms with E-state index in [1.807, 2.05) is 0 Å². The summed E-state index contributed by atoms with van der Waals surface area (Å²) in [6.45, 7) is 11.9. The van der Waals surface area contributed by atoms with Crippen molar-refractivity contribution in [2.24, 2.45) is 0 Å². The smallest absolute Gasteiger partial charge is 0.0230 e. The molecule has 82 valence electrons. The number of rotatable bonds is 2. The highest BCUT2D eigenvalue weighted by atomic mass is 15.3. The van der Waals surface area contributed by atoms with Crippen molar-refractivity contribution in [2.45, 2.75) is 64.7 Å². The van der Waals surface area contributed by atoms with Crippen LogP contribution in [0.25, 0.3) is 0 Å². The Morgan fingerprint density at radius 1 is 0.857 bits per heavy atom. The van der Waals surface area contributed by atoms with Crippen LogP contribution in [0.1, 0.15) is 40.5 Å². The van der Waals surface area contributed by atoms with Gasteiger partial charge < -0.3 is 0 Å². The van der Waals surface area contributed by atoms with Crippen LogP contribution in [-0.4, -0.2) is 47.1 Å². The van der Waals surface area contributed by atoms with Crippen LogP contribution in [0.5, 0.6) is 0 Å². The second-order valence-corrected chi connectivity index (χ2v) is 5.47. The molecule has 2 bridgehead atoms. The van der Waals surface area contributed by atoms with Crippen LogP contribution in [-0.2, 0) is 0 Å². The molecular formula is C12H24N2. The van der Waals surface area contributed by atoms with Crippen molar-refractivity contribution in [2.75, 3.05) is 13.1 Å². The maximum absolute atomic E-state index is 2.75. The van der Waals surface area contributed by atoms with E-state index in [-0.39, 0.29) is 0 Å². The summed E-state index contributed by atoms with van der Waals surface area (Å²) in [6, 6.07) is 3.15. The zero-order chi connectivity index (χ0) is 10.3. The molecule has 0 N–H and O–H groups in total. The minimum Gasteiger partial charge on any atom is -0.298 e. The predicted octanol–water partition coefficient (Wildman–Crippen LogP) is 1.95. The third-order valence-corrected chi connectivity index (χ3v) is 3.89. The van der Waals surface area contributed by atoms with E-state index < -0.39 is 0 Å². The second kappa shape index (κ2) is 3.82. The van der Waals surface area contributed by atoms with Crippen molar-refractivity contribution in [3.63, 3.8) is 0 Å². The number of likely N-dealkylation sites (tertiary alicyclic amines) is 1. The normalized spacial score (nSPS) is 34.7. The van der Waals surface area contributed by atoms with E-state index in [9.17, 15) is 0 Å². The molecule has 2 rings (SSSR count). The Bertz CT molecular complexity index is 186. The van der Waals surface area contributed by atoms with Gasteiger partial charge in [0, 0.05) is 37.3 Å². The molecule has 2 saturated heterocycles. The number of nitrogens with zero attached hydrogens (tertiary/aromatic N) is 2. The topological polar surface area (TPSA) is 6.48 Å². The van der Waals surface area contributed by atoms with Crippen LogP contribution in [0, 0.1) is 0 Å². The lowest BCUT2D eigenvalue weighted by atomic mass is 10.1. The summed E-state index contributed by atoms with van der Waals surface area (Å²) in [4.78, 5) is 5.40. The van der Waals surface area contributed by atoms with Crippen molar-refractivity contribution >= 4 is 0 Å². The average Bonchev–Trinajstić information content (AvgIpc) is 2.37. The molecule has 2 nitrogen and oxygen atoms in total. The summed E-state index contributed by atoms with van der Waals surface area (Å²) in [5.41, 5.74) is 0. The summed E-state index contributed by atoms with van der Waals surface area (Å²) in [5.74, 6) is 0. The molecule has 0 saturated carbocycles. The Labute approximate surface area is 88.3 Å². The summed E-state index contributed by atoms with van der Waals surface area (Å²) >= 11 is 0. The first-order valence-electron chi connectivity index (χ1n) is 6.11. The molecule has 2 unspecified atom stereocenters. The first kappa shape index (κ1) is 10.4. The molecule has 2 fully saturated rings. The number of piperazine rings is 1. The van der Waals surface area contributed by atoms with Gasteiger partial charge in [0.15, 0.2) is 0 Å². The monoisotopic (exact) mass is 196 g/mol. The van der Waals surface area contributed by atoms with Gasteiger partial charge in [-0.15, -0.1) is 0 Å². The Hall–Kier alpha value is -0.0800. The molecule has 2 aliphatic heterocycles. The van der Waals surface area contributed by atoms with Crippen molar-refractivity contribution < 1.29 is 0 Å². The number of hydrogen-bond donors (Lipinski definition) is 0. The minimum atomic E-state index is 0.729. The Balaban J connectivity index is 2.05. The van der Waals surface area contributed by atoms with Gasteiger partial charge in [-0.2, -0.15) is 0 Å². The van der Waals surface area contributed by atoms with Gasteiger partial charge in [0.1, 0.15) is 0 Å². The van der Waals surface area contributed by atoms with E-state index >= 15 is 0 Å². The van der Waals surface area contributed by atoms with Gasteiger partial charge in [-0.1, -0.05) is 0 Å². The SMILES string of the molecule is CC(C)N1CC2CCC(C1)N2C(C)C. The van der Waals surface area contributed by atoms with Gasteiger partial charge in [-0.25, -0.2) is 0 Å². The van der Waals surface area contributed by atoms with Crippen molar-refractivity contribution in [1.29, 1.82) is 0 Å². The molecule has 0 radical (unpaired) electrons. The van der Waals surface area contributed by atoms with Crippen LogP contribution in [0.2, 0.25) is 0 Å². The zero-order valence-corrected chi connectivity index (χ0v) is 10.0. The summed E-state index contributed by atoms with van der Waals surface area (Å²) in [6.07, 6.45) is 2.85. The highest BCUT2D eigenvalue weighted by Gasteiger charge is 2.41. The molecule has 0 aliphatic carbocycles. The molecule has 2 heterocycles. The van der Waals surface area contributed by atoms with E-state index in [1.165, 1.54) is 25.9 Å². The van der Waals surface area contributed by atoms with Gasteiger partial charge in [-0.3, -0.25) is 9.80 Å². The summed E-state index contributed by atoms with van der Waals surface area (Å²) in [7, 11) is 0. The van der Waals surface area contributed by atoms with E-state index in [1.54, 1.807) is 0 Å². The Morgan fingerprint density at radius 3 is 1.71 bits per heavy atom. The second-order valence-electron chi connectivity index (χ2n) is 5.47. The number of hydrogen-bond acceptors (Lipinski definition) is 2. The standard InChI is InChI=1S/C12H24N2/c1-9(2)13-7-11-5-6-12(8-13)14(11)10(3)4/h9-12H,5-8H2,1-4H3. The fourth-order valence-electron chi connectivity index (χ4n) is 3.23. The van der Waals surface area contributed by atoms with Crippen LogP contribution < -0.4 is 0 Å². The number of fused-ring (bicyclic) bond motifs is 2. The molecule has 2 aliphatic rings. The molecule has 14 heavy (non-hydrogen) atoms. The molecular weight excluding hydrogens is 172 g/mol. The predicted molar refractivity (Wildman–Crippen MR) is 60.5 cm³/mol. The van der Waals surface area contributed by atoms with E-state index in [4.69, 9.17) is 0 Å². The van der Waals surface area contributed by atoms with Gasteiger partial charge >= 0.3 is 0 Å². The zero-order valence-electron chi connectivity index (χ0n) is 10.0. The van der Waals surface area contributed by atoms with E-state index in [0.29, 0.717) is 0 Å². The largest absolute Gasteiger partial charge is 0.298 e. The maximum atomic E-state index is 2.75. The lowest BCUT2D eigenvalue weighted by Gasteiger charge is -2.44. The van der Waals surface area contributed by atoms with Crippen molar-refractivity contribution in [3.05, 3.63) is 0 Å². The van der Waals surface area contributed by atoms with Crippen molar-refractivity contribution in [1.82, 2.24) is 9.80 Å². The van der Waals surface area contributed by atoms with E-state index in [0.717, 1.165) is 24.2 Å². The summed E-state index contributed by atoms with van der Waals surface area (Å²) in [5, 5.41) is 0. The maximum Gasteiger partial charge on any atom is 0.0230 e. The lowest BCUT2D eigenvalue weighted by Crippen LogP contribution is -2.57. The van der Waals surface area contributed by atoms with Crippen LogP contribution >= 0.6 is 0 Å². The molecule has 2 heteroatoms. The molecule has 0 aromatic heterocycles. The Kier molecular flexibility index (Phi) is 2.85. The van der Waals surface area contributed by atoms with Crippen LogP contribution in [0.3, 0.4) is 0 Å². The minimum absolute atomic E-state index is 0.729. The first-order valence-corrected chi connectivity index (χ1v) is 6.11. The molecule has 0 aromatic rings. The average molecular weight is 196 g/mol. The van der Waals surface area contributed by atoms with Gasteiger partial charge in [0.25, 0.3) is 0 Å². The third-order valence-electron chi connectivity index (χ3n) is 3.89. The lowest BCUT2D eigenvalue weighted by molar-refractivity contribution is 0.0292. The van der Waals surface area contributed by atoms with Crippen LogP contribution in [0.15, 0.2) is 0 Å². The highest BCUT2D eigenvalue weighted by Crippen LogP contribution is 2.32. The molecule has 2 atom stereocenters. The Morgan fingerprint density at radius 2 is 1.36 bits per heavy atom. The third kappa shape index (κ3) is 1.70. The molecule has 0 aromatic carbocycles. The van der Waals surface area contributed by atoms with Crippen molar-refractivity contribution in [3.8, 4) is 0 Å². The first-order chi connectivity index (χ1) is 6.59. The quantitative estimate of drug-likeness (QED) is 0.666. The van der Waals surface area contributed by atoms with Crippen LogP contribution in [0.4, 0.5) is 0 Å². The fourth-order valence-corrected chi connectivity index (χ4v) is 3.23. The van der Waals surface area contributed by atoms with Gasteiger partial charge in [-0.05, 0) is 40.5 Å².